The molecule has 0 aliphatic heterocycles. The lowest BCUT2D eigenvalue weighted by molar-refractivity contribution is 0.133. The van der Waals surface area contributed by atoms with Crippen LogP contribution in [0.25, 0.3) is 0 Å². The summed E-state index contributed by atoms with van der Waals surface area (Å²) in [5, 5.41) is 10.4. The van der Waals surface area contributed by atoms with E-state index in [4.69, 9.17) is 10.5 Å². The van der Waals surface area contributed by atoms with E-state index in [0.717, 1.165) is 24.1 Å². The van der Waals surface area contributed by atoms with Gasteiger partial charge in [-0.15, -0.1) is 0 Å². The Kier molecular flexibility index (Phi) is 5.59. The number of ether oxygens (including phenoxy) is 1. The lowest BCUT2D eigenvalue weighted by Gasteiger charge is -2.24. The van der Waals surface area contributed by atoms with E-state index >= 15 is 0 Å². The standard InChI is InChI=1S/C14H24N2O2/c1-10-6-5-7-12(18-4)13(10)14(17)11(15)8-9-16(2)3/h5-7,11,14,17H,8-9,15H2,1-4H3. The first-order chi connectivity index (χ1) is 8.47. The van der Waals surface area contributed by atoms with Crippen molar-refractivity contribution in [2.75, 3.05) is 27.7 Å². The molecule has 4 heteroatoms. The van der Waals surface area contributed by atoms with Gasteiger partial charge in [-0.05, 0) is 45.6 Å². The van der Waals surface area contributed by atoms with Gasteiger partial charge in [-0.25, -0.2) is 0 Å². The van der Waals surface area contributed by atoms with Crippen molar-refractivity contribution in [3.05, 3.63) is 29.3 Å². The van der Waals surface area contributed by atoms with Gasteiger partial charge in [0, 0.05) is 11.6 Å². The lowest BCUT2D eigenvalue weighted by Crippen LogP contribution is -2.32. The highest BCUT2D eigenvalue weighted by molar-refractivity contribution is 5.41. The van der Waals surface area contributed by atoms with Gasteiger partial charge in [0.2, 0.25) is 0 Å². The van der Waals surface area contributed by atoms with Crippen molar-refractivity contribution in [2.45, 2.75) is 25.5 Å². The number of benzene rings is 1. The van der Waals surface area contributed by atoms with Crippen molar-refractivity contribution in [2.24, 2.45) is 5.73 Å². The number of nitrogens with two attached hydrogens (primary N) is 1. The molecule has 0 saturated carbocycles. The molecule has 0 saturated heterocycles. The monoisotopic (exact) mass is 252 g/mol. The van der Waals surface area contributed by atoms with Crippen molar-refractivity contribution in [3.8, 4) is 5.75 Å². The molecule has 3 N–H and O–H groups in total. The normalized spacial score (nSPS) is 14.6. The van der Waals surface area contributed by atoms with E-state index in [2.05, 4.69) is 4.90 Å². The number of aliphatic hydroxyl groups excluding tert-OH is 1. The Morgan fingerprint density at radius 1 is 1.39 bits per heavy atom. The van der Waals surface area contributed by atoms with Crippen molar-refractivity contribution in [3.63, 3.8) is 0 Å². The highest BCUT2D eigenvalue weighted by atomic mass is 16.5. The lowest BCUT2D eigenvalue weighted by atomic mass is 9.95. The van der Waals surface area contributed by atoms with Gasteiger partial charge in [-0.2, -0.15) is 0 Å². The van der Waals surface area contributed by atoms with Gasteiger partial charge in [-0.1, -0.05) is 12.1 Å². The zero-order valence-electron chi connectivity index (χ0n) is 11.7. The zero-order valence-corrected chi connectivity index (χ0v) is 11.7. The van der Waals surface area contributed by atoms with E-state index in [1.165, 1.54) is 0 Å². The third kappa shape index (κ3) is 3.70. The highest BCUT2D eigenvalue weighted by Crippen LogP contribution is 2.30. The maximum Gasteiger partial charge on any atom is 0.124 e. The summed E-state index contributed by atoms with van der Waals surface area (Å²) in [6.45, 7) is 2.81. The molecular formula is C14H24N2O2. The van der Waals surface area contributed by atoms with E-state index in [1.807, 2.05) is 39.2 Å². The summed E-state index contributed by atoms with van der Waals surface area (Å²) in [7, 11) is 5.59. The van der Waals surface area contributed by atoms with Crippen LogP contribution in [0.4, 0.5) is 0 Å². The number of methoxy groups -OCH3 is 1. The van der Waals surface area contributed by atoms with Crippen LogP contribution in [0.15, 0.2) is 18.2 Å². The molecule has 18 heavy (non-hydrogen) atoms. The number of aryl methyl sites for hydroxylation is 1. The van der Waals surface area contributed by atoms with Crippen LogP contribution in [-0.2, 0) is 0 Å². The molecule has 0 aliphatic rings. The molecule has 2 unspecified atom stereocenters. The molecule has 0 bridgehead atoms. The summed E-state index contributed by atoms with van der Waals surface area (Å²) in [6, 6.07) is 5.43. The molecule has 0 radical (unpaired) electrons. The van der Waals surface area contributed by atoms with Crippen LogP contribution in [-0.4, -0.2) is 43.8 Å². The SMILES string of the molecule is COc1cccc(C)c1C(O)C(N)CCN(C)C. The second-order valence-corrected chi connectivity index (χ2v) is 4.89. The maximum atomic E-state index is 10.4. The summed E-state index contributed by atoms with van der Waals surface area (Å²) < 4.78 is 5.30. The minimum atomic E-state index is -0.693. The molecular weight excluding hydrogens is 228 g/mol. The molecule has 0 amide bonds. The van der Waals surface area contributed by atoms with Crippen molar-refractivity contribution >= 4 is 0 Å². The number of nitrogens with zero attached hydrogens (tertiary/aromatic N) is 1. The first kappa shape index (κ1) is 15.0. The van der Waals surface area contributed by atoms with E-state index in [9.17, 15) is 5.11 Å². The highest BCUT2D eigenvalue weighted by Gasteiger charge is 2.22. The van der Waals surface area contributed by atoms with Gasteiger partial charge in [0.1, 0.15) is 5.75 Å². The van der Waals surface area contributed by atoms with Crippen LogP contribution in [0.5, 0.6) is 5.75 Å². The van der Waals surface area contributed by atoms with Crippen molar-refractivity contribution in [1.29, 1.82) is 0 Å². The average Bonchev–Trinajstić information content (AvgIpc) is 2.34. The van der Waals surface area contributed by atoms with Crippen LogP contribution < -0.4 is 10.5 Å². The van der Waals surface area contributed by atoms with Crippen LogP contribution >= 0.6 is 0 Å². The predicted octanol–water partition coefficient (Wildman–Crippen LogP) is 1.32. The van der Waals surface area contributed by atoms with Crippen LogP contribution in [0.2, 0.25) is 0 Å². The molecule has 0 fully saturated rings. The minimum absolute atomic E-state index is 0.289. The molecule has 0 aromatic heterocycles. The Morgan fingerprint density at radius 2 is 2.06 bits per heavy atom. The fourth-order valence-electron chi connectivity index (χ4n) is 1.99. The molecule has 4 nitrogen and oxygen atoms in total. The van der Waals surface area contributed by atoms with Crippen LogP contribution in [0.1, 0.15) is 23.7 Å². The van der Waals surface area contributed by atoms with Crippen molar-refractivity contribution < 1.29 is 9.84 Å². The molecule has 0 heterocycles. The molecule has 1 aromatic rings. The van der Waals surface area contributed by atoms with E-state index < -0.39 is 6.10 Å². The third-order valence-electron chi connectivity index (χ3n) is 3.12. The Hall–Kier alpha value is -1.10. The Bertz CT molecular complexity index is 380. The first-order valence-electron chi connectivity index (χ1n) is 6.19. The molecule has 2 atom stereocenters. The van der Waals surface area contributed by atoms with Gasteiger partial charge in [-0.3, -0.25) is 0 Å². The molecule has 0 spiro atoms. The fraction of sp³-hybridized carbons (Fsp3) is 0.571. The number of aliphatic hydroxyl groups is 1. The molecule has 102 valence electrons. The molecule has 1 aromatic carbocycles. The molecule has 1 rings (SSSR count). The first-order valence-corrected chi connectivity index (χ1v) is 6.19. The van der Waals surface area contributed by atoms with Gasteiger partial charge in [0.15, 0.2) is 0 Å². The number of hydrogen-bond donors (Lipinski definition) is 2. The largest absolute Gasteiger partial charge is 0.496 e. The van der Waals surface area contributed by atoms with Crippen LogP contribution in [0.3, 0.4) is 0 Å². The quantitative estimate of drug-likeness (QED) is 0.801. The average molecular weight is 252 g/mol. The minimum Gasteiger partial charge on any atom is -0.496 e. The van der Waals surface area contributed by atoms with Crippen molar-refractivity contribution in [1.82, 2.24) is 4.90 Å². The summed E-state index contributed by atoms with van der Waals surface area (Å²) in [4.78, 5) is 2.06. The number of hydrogen-bond acceptors (Lipinski definition) is 4. The predicted molar refractivity (Wildman–Crippen MR) is 73.8 cm³/mol. The maximum absolute atomic E-state index is 10.4. The third-order valence-corrected chi connectivity index (χ3v) is 3.12. The summed E-state index contributed by atoms with van der Waals surface area (Å²) in [6.07, 6.45) is 0.0483. The fourth-order valence-corrected chi connectivity index (χ4v) is 1.99. The smallest absolute Gasteiger partial charge is 0.124 e. The summed E-state index contributed by atoms with van der Waals surface area (Å²) >= 11 is 0. The van der Waals surface area contributed by atoms with E-state index in [1.54, 1.807) is 7.11 Å². The number of rotatable bonds is 6. The molecule has 0 aliphatic carbocycles. The summed E-state index contributed by atoms with van der Waals surface area (Å²) in [5.74, 6) is 0.697. The van der Waals surface area contributed by atoms with Gasteiger partial charge in [0.05, 0.1) is 13.2 Å². The zero-order chi connectivity index (χ0) is 13.7. The van der Waals surface area contributed by atoms with E-state index in [-0.39, 0.29) is 6.04 Å². The second-order valence-electron chi connectivity index (χ2n) is 4.89. The Morgan fingerprint density at radius 3 is 2.61 bits per heavy atom. The van der Waals surface area contributed by atoms with E-state index in [0.29, 0.717) is 5.75 Å². The van der Waals surface area contributed by atoms with Gasteiger partial charge < -0.3 is 20.5 Å². The second kappa shape index (κ2) is 6.73. The van der Waals surface area contributed by atoms with Gasteiger partial charge >= 0.3 is 0 Å². The Labute approximate surface area is 109 Å². The topological polar surface area (TPSA) is 58.7 Å². The van der Waals surface area contributed by atoms with Crippen LogP contribution in [0, 0.1) is 6.92 Å². The summed E-state index contributed by atoms with van der Waals surface area (Å²) in [5.41, 5.74) is 7.86. The Balaban J connectivity index is 2.85. The van der Waals surface area contributed by atoms with Gasteiger partial charge in [0.25, 0.3) is 0 Å².